The van der Waals surface area contributed by atoms with Gasteiger partial charge in [0.05, 0.1) is 0 Å². The molecule has 0 bridgehead atoms. The third kappa shape index (κ3) is 1.70. The zero-order valence-electron chi connectivity index (χ0n) is 6.96. The van der Waals surface area contributed by atoms with Gasteiger partial charge in [0.25, 0.3) is 0 Å². The lowest BCUT2D eigenvalue weighted by Crippen LogP contribution is -1.97. The first-order valence-corrected chi connectivity index (χ1v) is 3.96. The average molecular weight is 166 g/mol. The van der Waals surface area contributed by atoms with Crippen molar-refractivity contribution in [2.45, 2.75) is 19.5 Å². The van der Waals surface area contributed by atoms with Crippen LogP contribution in [-0.4, -0.2) is 6.29 Å². The fourth-order valence-electron chi connectivity index (χ4n) is 1.20. The van der Waals surface area contributed by atoms with Crippen molar-refractivity contribution in [3.8, 4) is 0 Å². The van der Waals surface area contributed by atoms with Crippen molar-refractivity contribution in [3.05, 3.63) is 35.4 Å². The van der Waals surface area contributed by atoms with E-state index in [2.05, 4.69) is 0 Å². The van der Waals surface area contributed by atoms with Gasteiger partial charge in [0.2, 0.25) is 0 Å². The van der Waals surface area contributed by atoms with Crippen molar-refractivity contribution in [2.75, 3.05) is 0 Å². The number of carbonyl (C=O) groups excluding carboxylic acids is 1. The number of aryl methyl sites for hydroxylation is 1. The maximum atomic E-state index is 12.9. The van der Waals surface area contributed by atoms with E-state index in [0.717, 1.165) is 12.0 Å². The van der Waals surface area contributed by atoms with Gasteiger partial charge < -0.3 is 0 Å². The van der Waals surface area contributed by atoms with Gasteiger partial charge in [0, 0.05) is 0 Å². The Hall–Kier alpha value is -1.18. The van der Waals surface area contributed by atoms with E-state index >= 15 is 0 Å². The molecule has 1 rings (SSSR count). The van der Waals surface area contributed by atoms with Gasteiger partial charge in [0.15, 0.2) is 12.5 Å². The highest BCUT2D eigenvalue weighted by Crippen LogP contribution is 2.19. The Kier molecular flexibility index (Phi) is 2.97. The molecule has 0 aliphatic rings. The number of benzene rings is 1. The molecule has 1 unspecified atom stereocenters. The van der Waals surface area contributed by atoms with Crippen LogP contribution in [0.4, 0.5) is 4.39 Å². The first kappa shape index (κ1) is 8.91. The number of aldehydes is 1. The molecule has 12 heavy (non-hydrogen) atoms. The Labute approximate surface area is 71.2 Å². The third-order valence-electron chi connectivity index (χ3n) is 1.85. The summed E-state index contributed by atoms with van der Waals surface area (Å²) >= 11 is 0. The van der Waals surface area contributed by atoms with Crippen molar-refractivity contribution in [1.82, 2.24) is 0 Å². The highest BCUT2D eigenvalue weighted by atomic mass is 19.1. The highest BCUT2D eigenvalue weighted by Gasteiger charge is 2.10. The Balaban J connectivity index is 3.04. The van der Waals surface area contributed by atoms with Gasteiger partial charge >= 0.3 is 0 Å². The molecule has 0 aromatic heterocycles. The Morgan fingerprint density at radius 1 is 1.50 bits per heavy atom. The summed E-state index contributed by atoms with van der Waals surface area (Å²) in [6.45, 7) is 1.94. The van der Waals surface area contributed by atoms with Crippen molar-refractivity contribution in [1.29, 1.82) is 0 Å². The number of halogens is 1. The molecule has 0 spiro atoms. The molecule has 1 aromatic carbocycles. The standard InChI is InChI=1S/C10H11FO/c1-2-8-5-3-4-6-9(8)10(11)7-12/h3-7,10H,2H2,1H3. The van der Waals surface area contributed by atoms with E-state index in [0.29, 0.717) is 11.8 Å². The molecule has 0 aliphatic carbocycles. The Bertz CT molecular complexity index is 270. The predicted molar refractivity (Wildman–Crippen MR) is 45.7 cm³/mol. The average Bonchev–Trinajstić information content (AvgIpc) is 2.16. The molecule has 0 radical (unpaired) electrons. The van der Waals surface area contributed by atoms with Crippen molar-refractivity contribution < 1.29 is 9.18 Å². The van der Waals surface area contributed by atoms with Gasteiger partial charge in [-0.2, -0.15) is 0 Å². The van der Waals surface area contributed by atoms with Crippen LogP contribution in [0.2, 0.25) is 0 Å². The molecule has 0 amide bonds. The van der Waals surface area contributed by atoms with E-state index in [9.17, 15) is 9.18 Å². The summed E-state index contributed by atoms with van der Waals surface area (Å²) < 4.78 is 12.9. The first-order chi connectivity index (χ1) is 5.79. The summed E-state index contributed by atoms with van der Waals surface area (Å²) in [5.74, 6) is 0. The van der Waals surface area contributed by atoms with E-state index in [1.165, 1.54) is 0 Å². The largest absolute Gasteiger partial charge is 0.300 e. The van der Waals surface area contributed by atoms with Crippen molar-refractivity contribution in [2.24, 2.45) is 0 Å². The molecule has 1 aromatic rings. The van der Waals surface area contributed by atoms with Crippen LogP contribution in [0.1, 0.15) is 24.2 Å². The van der Waals surface area contributed by atoms with E-state index in [1.807, 2.05) is 19.1 Å². The lowest BCUT2D eigenvalue weighted by Gasteiger charge is -2.06. The SMILES string of the molecule is CCc1ccccc1C(F)C=O. The molecule has 0 saturated carbocycles. The minimum Gasteiger partial charge on any atom is -0.300 e. The second-order valence-electron chi connectivity index (χ2n) is 2.59. The fraction of sp³-hybridized carbons (Fsp3) is 0.300. The Morgan fingerprint density at radius 3 is 2.75 bits per heavy atom. The molecule has 0 aliphatic heterocycles. The zero-order chi connectivity index (χ0) is 8.97. The van der Waals surface area contributed by atoms with Crippen LogP contribution in [-0.2, 0) is 11.2 Å². The lowest BCUT2D eigenvalue weighted by molar-refractivity contribution is -0.112. The van der Waals surface area contributed by atoms with E-state index in [1.54, 1.807) is 12.1 Å². The van der Waals surface area contributed by atoms with E-state index in [4.69, 9.17) is 0 Å². The molecule has 0 N–H and O–H groups in total. The van der Waals surface area contributed by atoms with Gasteiger partial charge in [-0.05, 0) is 17.5 Å². The summed E-state index contributed by atoms with van der Waals surface area (Å²) in [6, 6.07) is 7.08. The second-order valence-corrected chi connectivity index (χ2v) is 2.59. The van der Waals surface area contributed by atoms with E-state index in [-0.39, 0.29) is 0 Å². The molecule has 0 saturated heterocycles. The van der Waals surface area contributed by atoms with Crippen LogP contribution >= 0.6 is 0 Å². The number of alkyl halides is 1. The van der Waals surface area contributed by atoms with Gasteiger partial charge in [-0.1, -0.05) is 31.2 Å². The zero-order valence-corrected chi connectivity index (χ0v) is 6.96. The molecule has 1 nitrogen and oxygen atoms in total. The van der Waals surface area contributed by atoms with Gasteiger partial charge in [-0.15, -0.1) is 0 Å². The summed E-state index contributed by atoms with van der Waals surface area (Å²) in [5.41, 5.74) is 1.40. The van der Waals surface area contributed by atoms with Crippen LogP contribution < -0.4 is 0 Å². The number of carbonyl (C=O) groups is 1. The van der Waals surface area contributed by atoms with Crippen LogP contribution in [0, 0.1) is 0 Å². The highest BCUT2D eigenvalue weighted by molar-refractivity contribution is 5.60. The maximum Gasteiger partial charge on any atom is 0.180 e. The Morgan fingerprint density at radius 2 is 2.17 bits per heavy atom. The van der Waals surface area contributed by atoms with Crippen molar-refractivity contribution >= 4 is 6.29 Å². The number of hydrogen-bond donors (Lipinski definition) is 0. The quantitative estimate of drug-likeness (QED) is 0.630. The minimum atomic E-state index is -1.47. The van der Waals surface area contributed by atoms with Gasteiger partial charge in [0.1, 0.15) is 0 Å². The topological polar surface area (TPSA) is 17.1 Å². The van der Waals surface area contributed by atoms with Crippen molar-refractivity contribution in [3.63, 3.8) is 0 Å². The van der Waals surface area contributed by atoms with Crippen LogP contribution in [0.15, 0.2) is 24.3 Å². The van der Waals surface area contributed by atoms with Gasteiger partial charge in [-0.3, -0.25) is 4.79 Å². The molecule has 1 atom stereocenters. The first-order valence-electron chi connectivity index (χ1n) is 3.96. The summed E-state index contributed by atoms with van der Waals surface area (Å²) in [6.07, 6.45) is -0.389. The molecule has 2 heteroatoms. The van der Waals surface area contributed by atoms with Crippen LogP contribution in [0.5, 0.6) is 0 Å². The van der Waals surface area contributed by atoms with Crippen LogP contribution in [0.25, 0.3) is 0 Å². The molecule has 64 valence electrons. The summed E-state index contributed by atoms with van der Waals surface area (Å²) in [4.78, 5) is 10.2. The fourth-order valence-corrected chi connectivity index (χ4v) is 1.20. The van der Waals surface area contributed by atoms with Gasteiger partial charge in [-0.25, -0.2) is 4.39 Å². The monoisotopic (exact) mass is 166 g/mol. The molecular weight excluding hydrogens is 155 g/mol. The molecule has 0 fully saturated rings. The molecule has 0 heterocycles. The van der Waals surface area contributed by atoms with E-state index < -0.39 is 6.17 Å². The number of hydrogen-bond acceptors (Lipinski definition) is 1. The second kappa shape index (κ2) is 4.00. The third-order valence-corrected chi connectivity index (χ3v) is 1.85. The smallest absolute Gasteiger partial charge is 0.180 e. The minimum absolute atomic E-state index is 0.328. The molecular formula is C10H11FO. The maximum absolute atomic E-state index is 12.9. The summed E-state index contributed by atoms with van der Waals surface area (Å²) in [5, 5.41) is 0. The predicted octanol–water partition coefficient (Wildman–Crippen LogP) is 2.46. The lowest BCUT2D eigenvalue weighted by atomic mass is 10.0. The van der Waals surface area contributed by atoms with Crippen LogP contribution in [0.3, 0.4) is 0 Å². The summed E-state index contributed by atoms with van der Waals surface area (Å²) in [7, 11) is 0. The number of rotatable bonds is 3. The normalized spacial score (nSPS) is 12.5.